The molecule has 0 spiro atoms. The number of alkyl halides is 5. The number of carbonyl (C=O) groups is 2. The van der Waals surface area contributed by atoms with Crippen LogP contribution in [0.1, 0.15) is 53.3 Å². The molecular weight excluding hydrogens is 577 g/mol. The van der Waals surface area contributed by atoms with E-state index in [4.69, 9.17) is 15.5 Å². The summed E-state index contributed by atoms with van der Waals surface area (Å²) >= 11 is 0. The maximum Gasteiger partial charge on any atom is 0.416 e. The van der Waals surface area contributed by atoms with Gasteiger partial charge in [0.05, 0.1) is 5.56 Å². The summed E-state index contributed by atoms with van der Waals surface area (Å²) in [6.07, 6.45) is 2.22. The van der Waals surface area contributed by atoms with Gasteiger partial charge in [-0.2, -0.15) is 22.0 Å². The molecule has 15 heteroatoms. The highest BCUT2D eigenvalue weighted by molar-refractivity contribution is 6.04. The fourth-order valence-electron chi connectivity index (χ4n) is 5.76. The molecule has 3 N–H and O–H groups in total. The van der Waals surface area contributed by atoms with Crippen LogP contribution < -0.4 is 15.8 Å². The second-order valence-corrected chi connectivity index (χ2v) is 10.3. The number of nitrogen functional groups attached to an aromatic ring is 1. The summed E-state index contributed by atoms with van der Waals surface area (Å²) in [4.78, 5) is 39.8. The number of carbonyl (C=O) groups excluding carboxylic acids is 2. The number of rotatable bonds is 6. The molecule has 0 aliphatic carbocycles. The summed E-state index contributed by atoms with van der Waals surface area (Å²) in [7, 11) is 0. The quantitative estimate of drug-likeness (QED) is 0.294. The van der Waals surface area contributed by atoms with Gasteiger partial charge in [0.2, 0.25) is 5.91 Å². The van der Waals surface area contributed by atoms with Crippen molar-refractivity contribution < 1.29 is 36.3 Å². The van der Waals surface area contributed by atoms with Gasteiger partial charge in [-0.15, -0.1) is 0 Å². The third-order valence-electron chi connectivity index (χ3n) is 7.74. The van der Waals surface area contributed by atoms with Crippen LogP contribution in [0.3, 0.4) is 0 Å². The van der Waals surface area contributed by atoms with Gasteiger partial charge in [-0.3, -0.25) is 14.0 Å². The number of halogens is 5. The number of nitrogens with two attached hydrogens (primary N) is 1. The molecule has 6 rings (SSSR count). The summed E-state index contributed by atoms with van der Waals surface area (Å²) in [5.41, 5.74) is 5.62. The van der Waals surface area contributed by atoms with Crippen LogP contribution in [0.5, 0.6) is 5.75 Å². The molecule has 2 atom stereocenters. The first-order chi connectivity index (χ1) is 20.5. The zero-order valence-electron chi connectivity index (χ0n) is 22.3. The van der Waals surface area contributed by atoms with Crippen LogP contribution in [0.2, 0.25) is 0 Å². The Hall–Kier alpha value is -4.82. The van der Waals surface area contributed by atoms with Gasteiger partial charge in [-0.1, -0.05) is 0 Å². The van der Waals surface area contributed by atoms with Crippen molar-refractivity contribution in [1.82, 2.24) is 24.3 Å². The first-order valence-corrected chi connectivity index (χ1v) is 13.4. The number of ether oxygens (including phenoxy) is 1. The summed E-state index contributed by atoms with van der Waals surface area (Å²) in [5, 5.41) is 2.24. The van der Waals surface area contributed by atoms with Gasteiger partial charge in [0.25, 0.3) is 5.91 Å². The van der Waals surface area contributed by atoms with Gasteiger partial charge in [0, 0.05) is 54.6 Å². The summed E-state index contributed by atoms with van der Waals surface area (Å²) in [6.45, 7) is -2.82. The van der Waals surface area contributed by atoms with Gasteiger partial charge in [0.15, 0.2) is 0 Å². The molecule has 3 aromatic heterocycles. The van der Waals surface area contributed by atoms with Crippen molar-refractivity contribution in [2.75, 3.05) is 17.6 Å². The van der Waals surface area contributed by atoms with Crippen LogP contribution in [-0.4, -0.2) is 55.3 Å². The van der Waals surface area contributed by atoms with Crippen molar-refractivity contribution in [3.8, 4) is 17.0 Å². The molecule has 2 saturated heterocycles. The molecular formula is C28H24F5N7O3. The van der Waals surface area contributed by atoms with Gasteiger partial charge in [-0.05, 0) is 49.6 Å². The topological polar surface area (TPSA) is 128 Å². The number of aromatic nitrogens is 4. The Kier molecular flexibility index (Phi) is 7.10. The molecule has 4 aromatic rings. The number of pyridine rings is 1. The summed E-state index contributed by atoms with van der Waals surface area (Å²) < 4.78 is 72.9. The highest BCUT2D eigenvalue weighted by atomic mass is 19.4. The zero-order chi connectivity index (χ0) is 30.5. The maximum atomic E-state index is 13.6. The van der Waals surface area contributed by atoms with E-state index in [1.54, 1.807) is 10.6 Å². The first-order valence-electron chi connectivity index (χ1n) is 13.4. The fourth-order valence-corrected chi connectivity index (χ4v) is 5.76. The van der Waals surface area contributed by atoms with Crippen LogP contribution in [0.25, 0.3) is 16.8 Å². The highest BCUT2D eigenvalue weighted by Gasteiger charge is 2.38. The SMILES string of the molecule is Nc1nccn2c([C@@H]3CC[C@H]4CCC(=O)N4C3)nc(-c3ccc(C(=O)Nc4cc(C(F)(F)F)ccn4)cc3OC(F)F)c12. The lowest BCUT2D eigenvalue weighted by Gasteiger charge is -2.34. The third kappa shape index (κ3) is 5.42. The number of anilines is 2. The van der Waals surface area contributed by atoms with E-state index in [1.807, 2.05) is 4.90 Å². The van der Waals surface area contributed by atoms with Crippen molar-refractivity contribution in [1.29, 1.82) is 0 Å². The van der Waals surface area contributed by atoms with E-state index in [9.17, 15) is 31.5 Å². The van der Waals surface area contributed by atoms with Crippen LogP contribution in [0, 0.1) is 0 Å². The molecule has 43 heavy (non-hydrogen) atoms. The Bertz CT molecular complexity index is 1720. The Morgan fingerprint density at radius 3 is 2.67 bits per heavy atom. The number of nitrogens with one attached hydrogen (secondary N) is 1. The van der Waals surface area contributed by atoms with Gasteiger partial charge >= 0.3 is 12.8 Å². The van der Waals surface area contributed by atoms with Crippen molar-refractivity contribution in [3.05, 3.63) is 65.9 Å². The Morgan fingerprint density at radius 2 is 1.91 bits per heavy atom. The molecule has 0 radical (unpaired) electrons. The molecule has 2 amide bonds. The Balaban J connectivity index is 1.38. The highest BCUT2D eigenvalue weighted by Crippen LogP contribution is 2.40. The monoisotopic (exact) mass is 601 g/mol. The number of hydrogen-bond donors (Lipinski definition) is 2. The van der Waals surface area contributed by atoms with Gasteiger partial charge in [-0.25, -0.2) is 15.0 Å². The molecule has 0 saturated carbocycles. The van der Waals surface area contributed by atoms with Crippen LogP contribution in [0.4, 0.5) is 33.6 Å². The minimum atomic E-state index is -4.66. The standard InChI is InChI=1S/C28H24F5N7O3/c29-27(30)43-19-11-14(26(42)37-20-12-16(7-8-35-20)28(31,32)33)2-5-18(19)22-23-24(34)36-9-10-39(23)25(38-22)15-1-3-17-4-6-21(41)40(17)13-15/h2,5,7-12,15,17,27H,1,3-4,6,13H2,(H2,34,36)(H,35,37,42)/t15-,17+/m1/s1. The number of benzene rings is 1. The second-order valence-electron chi connectivity index (χ2n) is 10.3. The number of nitrogens with zero attached hydrogens (tertiary/aromatic N) is 5. The van der Waals surface area contributed by atoms with Crippen LogP contribution >= 0.6 is 0 Å². The van der Waals surface area contributed by atoms with Crippen LogP contribution in [0.15, 0.2) is 48.9 Å². The molecule has 2 aliphatic rings. The van der Waals surface area contributed by atoms with E-state index in [-0.39, 0.29) is 46.3 Å². The number of imidazole rings is 1. The molecule has 0 unspecified atom stereocenters. The molecule has 10 nitrogen and oxygen atoms in total. The third-order valence-corrected chi connectivity index (χ3v) is 7.74. The molecule has 5 heterocycles. The van der Waals surface area contributed by atoms with E-state index < -0.39 is 30.0 Å². The first kappa shape index (κ1) is 28.3. The van der Waals surface area contributed by atoms with Crippen molar-refractivity contribution in [2.45, 2.75) is 50.4 Å². The summed E-state index contributed by atoms with van der Waals surface area (Å²) in [5.74, 6) is -1.13. The fraction of sp³-hybridized carbons (Fsp3) is 0.321. The molecule has 2 fully saturated rings. The lowest BCUT2D eigenvalue weighted by Crippen LogP contribution is -2.41. The molecule has 1 aromatic carbocycles. The summed E-state index contributed by atoms with van der Waals surface area (Å²) in [6, 6.07) is 5.26. The Labute approximate surface area is 240 Å². The Morgan fingerprint density at radius 1 is 1.09 bits per heavy atom. The van der Waals surface area contributed by atoms with Crippen molar-refractivity contribution in [2.24, 2.45) is 0 Å². The van der Waals surface area contributed by atoms with E-state index in [1.165, 1.54) is 18.3 Å². The normalized spacial score (nSPS) is 18.7. The smallest absolute Gasteiger partial charge is 0.416 e. The number of amides is 2. The predicted octanol–water partition coefficient (Wildman–Crippen LogP) is 5.11. The number of fused-ring (bicyclic) bond motifs is 2. The van der Waals surface area contributed by atoms with E-state index >= 15 is 0 Å². The van der Waals surface area contributed by atoms with Crippen molar-refractivity contribution >= 4 is 29.0 Å². The minimum Gasteiger partial charge on any atom is -0.434 e. The second kappa shape index (κ2) is 10.8. The predicted molar refractivity (Wildman–Crippen MR) is 143 cm³/mol. The maximum absolute atomic E-state index is 13.6. The van der Waals surface area contributed by atoms with E-state index in [0.717, 1.165) is 37.6 Å². The lowest BCUT2D eigenvalue weighted by molar-refractivity contribution is -0.137. The largest absolute Gasteiger partial charge is 0.434 e. The van der Waals surface area contributed by atoms with E-state index in [2.05, 4.69) is 15.3 Å². The van der Waals surface area contributed by atoms with Gasteiger partial charge in [0.1, 0.15) is 34.4 Å². The van der Waals surface area contributed by atoms with E-state index in [0.29, 0.717) is 30.4 Å². The van der Waals surface area contributed by atoms with Gasteiger partial charge < -0.3 is 20.7 Å². The minimum absolute atomic E-state index is 0.0719. The number of piperidine rings is 1. The number of hydrogen-bond acceptors (Lipinski definition) is 7. The zero-order valence-corrected chi connectivity index (χ0v) is 22.3. The molecule has 224 valence electrons. The lowest BCUT2D eigenvalue weighted by atomic mass is 9.92. The average Bonchev–Trinajstić information content (AvgIpc) is 3.53. The average molecular weight is 602 g/mol. The van der Waals surface area contributed by atoms with Crippen molar-refractivity contribution in [3.63, 3.8) is 0 Å². The van der Waals surface area contributed by atoms with Crippen LogP contribution in [-0.2, 0) is 11.0 Å². The molecule has 2 aliphatic heterocycles. The molecule has 0 bridgehead atoms.